The van der Waals surface area contributed by atoms with Crippen molar-refractivity contribution in [2.75, 3.05) is 25.0 Å². The van der Waals surface area contributed by atoms with Gasteiger partial charge in [0, 0.05) is 48.3 Å². The molecule has 0 saturated carbocycles. The summed E-state index contributed by atoms with van der Waals surface area (Å²) in [6.07, 6.45) is 8.51. The molecule has 2 N–H and O–H groups in total. The fourth-order valence-corrected chi connectivity index (χ4v) is 5.96. The van der Waals surface area contributed by atoms with Crippen LogP contribution in [0, 0.1) is 0 Å². The van der Waals surface area contributed by atoms with E-state index in [0.29, 0.717) is 17.1 Å². The summed E-state index contributed by atoms with van der Waals surface area (Å²) < 4.78 is 0. The largest absolute Gasteiger partial charge is 0.361 e. The van der Waals surface area contributed by atoms with Crippen molar-refractivity contribution in [2.45, 2.75) is 63.6 Å². The Bertz CT molecular complexity index is 1060. The van der Waals surface area contributed by atoms with Gasteiger partial charge in [0.2, 0.25) is 10.1 Å². The zero-order valence-corrected chi connectivity index (χ0v) is 19.7. The molecule has 2 aromatic heterocycles. The number of nitrogens with zero attached hydrogens (tertiary/aromatic N) is 4. The van der Waals surface area contributed by atoms with E-state index in [1.165, 1.54) is 35.1 Å². The van der Waals surface area contributed by atoms with Crippen molar-refractivity contribution in [3.63, 3.8) is 0 Å². The Morgan fingerprint density at radius 2 is 2.03 bits per heavy atom. The molecule has 2 saturated heterocycles. The highest BCUT2D eigenvalue weighted by Crippen LogP contribution is 2.32. The van der Waals surface area contributed by atoms with Crippen molar-refractivity contribution in [3.8, 4) is 0 Å². The van der Waals surface area contributed by atoms with E-state index in [-0.39, 0.29) is 11.9 Å². The van der Waals surface area contributed by atoms with Crippen LogP contribution in [0.1, 0.15) is 54.4 Å². The average molecular weight is 453 g/mol. The number of benzene rings is 1. The third-order valence-corrected chi connectivity index (χ3v) is 8.09. The number of nitrogens with one attached hydrogen (secondary N) is 2. The Kier molecular flexibility index (Phi) is 6.15. The molecule has 5 rings (SSSR count). The third-order valence-electron chi connectivity index (χ3n) is 7.11. The molecular weight excluding hydrogens is 420 g/mol. The Balaban J connectivity index is 1.26. The number of amides is 1. The number of aromatic nitrogens is 3. The minimum atomic E-state index is -0.105. The summed E-state index contributed by atoms with van der Waals surface area (Å²) in [6.45, 7) is 4.14. The monoisotopic (exact) mass is 452 g/mol. The molecular formula is C24H32N6OS. The number of hydrogen-bond acceptors (Lipinski definition) is 6. The predicted octanol–water partition coefficient (Wildman–Crippen LogP) is 3.83. The summed E-state index contributed by atoms with van der Waals surface area (Å²) in [4.78, 5) is 21.2. The molecule has 0 aliphatic carbocycles. The van der Waals surface area contributed by atoms with Crippen LogP contribution in [-0.2, 0) is 6.42 Å². The van der Waals surface area contributed by atoms with E-state index in [9.17, 15) is 4.79 Å². The van der Waals surface area contributed by atoms with E-state index in [4.69, 9.17) is 0 Å². The number of piperazine rings is 1. The van der Waals surface area contributed by atoms with Crippen LogP contribution in [0.4, 0.5) is 5.13 Å². The Labute approximate surface area is 193 Å². The minimum absolute atomic E-state index is 0.0773. The minimum Gasteiger partial charge on any atom is -0.361 e. The van der Waals surface area contributed by atoms with Gasteiger partial charge in [-0.1, -0.05) is 49.3 Å². The first-order valence-electron chi connectivity index (χ1n) is 11.8. The second-order valence-electron chi connectivity index (χ2n) is 9.22. The lowest BCUT2D eigenvalue weighted by atomic mass is 10.0. The summed E-state index contributed by atoms with van der Waals surface area (Å²) in [5, 5.41) is 14.5. The van der Waals surface area contributed by atoms with Gasteiger partial charge in [0.15, 0.2) is 0 Å². The molecule has 8 heteroatoms. The van der Waals surface area contributed by atoms with Crippen molar-refractivity contribution in [1.82, 2.24) is 25.4 Å². The predicted molar refractivity (Wildman–Crippen MR) is 129 cm³/mol. The quantitative estimate of drug-likeness (QED) is 0.543. The number of aromatic amines is 1. The van der Waals surface area contributed by atoms with Gasteiger partial charge in [0.05, 0.1) is 0 Å². The van der Waals surface area contributed by atoms with Crippen LogP contribution in [0.2, 0.25) is 0 Å². The van der Waals surface area contributed by atoms with Crippen LogP contribution >= 0.6 is 11.3 Å². The Morgan fingerprint density at radius 3 is 2.81 bits per heavy atom. The topological polar surface area (TPSA) is 77.1 Å². The maximum absolute atomic E-state index is 13.1. The molecule has 2 aliphatic rings. The zero-order valence-electron chi connectivity index (χ0n) is 18.9. The summed E-state index contributed by atoms with van der Waals surface area (Å²) in [5.41, 5.74) is 2.38. The van der Waals surface area contributed by atoms with Gasteiger partial charge in [-0.15, -0.1) is 10.2 Å². The van der Waals surface area contributed by atoms with Crippen molar-refractivity contribution in [3.05, 3.63) is 41.0 Å². The first-order chi connectivity index (χ1) is 15.6. The van der Waals surface area contributed by atoms with Gasteiger partial charge in [0.1, 0.15) is 0 Å². The van der Waals surface area contributed by atoms with Crippen molar-refractivity contribution >= 4 is 33.3 Å². The molecule has 3 unspecified atom stereocenters. The van der Waals surface area contributed by atoms with Crippen molar-refractivity contribution < 1.29 is 4.79 Å². The van der Waals surface area contributed by atoms with Gasteiger partial charge in [-0.25, -0.2) is 0 Å². The first-order valence-corrected chi connectivity index (χ1v) is 12.6. The van der Waals surface area contributed by atoms with Gasteiger partial charge in [0.25, 0.3) is 5.91 Å². The van der Waals surface area contributed by atoms with Crippen LogP contribution in [-0.4, -0.2) is 64.3 Å². The van der Waals surface area contributed by atoms with Crippen molar-refractivity contribution in [2.24, 2.45) is 0 Å². The van der Waals surface area contributed by atoms with E-state index in [1.54, 1.807) is 0 Å². The molecule has 4 heterocycles. The third kappa shape index (κ3) is 4.26. The molecule has 7 nitrogen and oxygen atoms in total. The van der Waals surface area contributed by atoms with E-state index in [2.05, 4.69) is 68.7 Å². The fraction of sp³-hybridized carbons (Fsp3) is 0.542. The molecule has 170 valence electrons. The highest BCUT2D eigenvalue weighted by Gasteiger charge is 2.38. The normalized spacial score (nSPS) is 21.9. The molecule has 3 aromatic rings. The average Bonchev–Trinajstić information content (AvgIpc) is 3.49. The number of fused-ring (bicyclic) bond motifs is 3. The molecule has 1 aromatic carbocycles. The van der Waals surface area contributed by atoms with Crippen LogP contribution in [0.25, 0.3) is 10.9 Å². The van der Waals surface area contributed by atoms with E-state index in [1.807, 2.05) is 6.07 Å². The van der Waals surface area contributed by atoms with E-state index >= 15 is 0 Å². The van der Waals surface area contributed by atoms with Crippen LogP contribution in [0.5, 0.6) is 0 Å². The molecule has 32 heavy (non-hydrogen) atoms. The SMILES string of the molecule is CCCCC(Cc1c[nH]c2ccccc12)NC(=O)c1nnc(N2CC3CCC(C2)N3C)s1. The van der Waals surface area contributed by atoms with Gasteiger partial charge >= 0.3 is 0 Å². The number of H-pyrrole nitrogens is 1. The number of anilines is 1. The lowest BCUT2D eigenvalue weighted by Gasteiger charge is -2.38. The first kappa shape index (κ1) is 21.4. The second kappa shape index (κ2) is 9.19. The molecule has 0 spiro atoms. The van der Waals surface area contributed by atoms with Crippen LogP contribution < -0.4 is 10.2 Å². The number of carbonyl (C=O) groups is 1. The Morgan fingerprint density at radius 1 is 1.25 bits per heavy atom. The summed E-state index contributed by atoms with van der Waals surface area (Å²) >= 11 is 1.42. The van der Waals surface area contributed by atoms with Gasteiger partial charge < -0.3 is 15.2 Å². The van der Waals surface area contributed by atoms with Crippen LogP contribution in [0.3, 0.4) is 0 Å². The molecule has 1 amide bonds. The lowest BCUT2D eigenvalue weighted by molar-refractivity contribution is 0.0933. The fourth-order valence-electron chi connectivity index (χ4n) is 5.19. The number of unbranched alkanes of at least 4 members (excludes halogenated alkanes) is 1. The maximum Gasteiger partial charge on any atom is 0.282 e. The van der Waals surface area contributed by atoms with Gasteiger partial charge in [-0.2, -0.15) is 0 Å². The molecule has 2 bridgehead atoms. The summed E-state index contributed by atoms with van der Waals surface area (Å²) in [6, 6.07) is 9.58. The highest BCUT2D eigenvalue weighted by atomic mass is 32.1. The number of para-hydroxylation sites is 1. The number of carbonyl (C=O) groups excluding carboxylic acids is 1. The number of rotatable bonds is 8. The number of hydrogen-bond donors (Lipinski definition) is 2. The molecule has 2 aliphatic heterocycles. The molecule has 0 radical (unpaired) electrons. The second-order valence-corrected chi connectivity index (χ2v) is 10.2. The van der Waals surface area contributed by atoms with Crippen molar-refractivity contribution in [1.29, 1.82) is 0 Å². The maximum atomic E-state index is 13.1. The van der Waals surface area contributed by atoms with Crippen LogP contribution in [0.15, 0.2) is 30.5 Å². The lowest BCUT2D eigenvalue weighted by Crippen LogP contribution is -2.52. The Hall–Kier alpha value is -2.45. The van der Waals surface area contributed by atoms with Gasteiger partial charge in [-0.05, 0) is 44.4 Å². The highest BCUT2D eigenvalue weighted by molar-refractivity contribution is 7.17. The summed E-state index contributed by atoms with van der Waals surface area (Å²) in [5.74, 6) is -0.105. The molecule has 3 atom stereocenters. The smallest absolute Gasteiger partial charge is 0.282 e. The summed E-state index contributed by atoms with van der Waals surface area (Å²) in [7, 11) is 2.22. The number of likely N-dealkylation sites (N-methyl/N-ethyl adjacent to an activating group) is 1. The van der Waals surface area contributed by atoms with E-state index < -0.39 is 0 Å². The van der Waals surface area contributed by atoms with Gasteiger partial charge in [-0.3, -0.25) is 9.69 Å². The standard InChI is InChI=1S/C24H32N6OS/c1-3-4-7-17(12-16-13-25-21-9-6-5-8-20(16)21)26-22(31)23-27-28-24(32-23)30-14-18-10-11-19(15-30)29(18)2/h5-6,8-9,13,17-19,25H,3-4,7,10-12,14-15H2,1-2H3,(H,26,31). The van der Waals surface area contributed by atoms with E-state index in [0.717, 1.165) is 49.4 Å². The zero-order chi connectivity index (χ0) is 22.1. The molecule has 2 fully saturated rings.